The monoisotopic (exact) mass is 295 g/mol. The molecular formula is C17H17N3O2. The van der Waals surface area contributed by atoms with Crippen molar-refractivity contribution in [3.8, 4) is 0 Å². The minimum atomic E-state index is -0.138. The van der Waals surface area contributed by atoms with Gasteiger partial charge in [-0.15, -0.1) is 0 Å². The molecule has 2 N–H and O–H groups in total. The number of rotatable bonds is 4. The summed E-state index contributed by atoms with van der Waals surface area (Å²) < 4.78 is 1.96. The Kier molecular flexibility index (Phi) is 3.78. The third-order valence-corrected chi connectivity index (χ3v) is 3.60. The molecule has 22 heavy (non-hydrogen) atoms. The first-order valence-electron chi connectivity index (χ1n) is 7.16. The molecule has 0 saturated carbocycles. The SMILES string of the molecule is Cc1cc(=O)[nH]c2cc(NC(=O)CCn3cccc3)ccc12. The number of pyridine rings is 1. The van der Waals surface area contributed by atoms with Crippen LogP contribution in [0, 0.1) is 6.92 Å². The van der Waals surface area contributed by atoms with Crippen LogP contribution in [0.15, 0.2) is 53.6 Å². The number of aryl methyl sites for hydroxylation is 2. The van der Waals surface area contributed by atoms with Gasteiger partial charge in [-0.25, -0.2) is 0 Å². The number of benzene rings is 1. The Balaban J connectivity index is 1.73. The van der Waals surface area contributed by atoms with Crippen LogP contribution in [0.4, 0.5) is 5.69 Å². The van der Waals surface area contributed by atoms with Crippen molar-refractivity contribution < 1.29 is 4.79 Å². The highest BCUT2D eigenvalue weighted by molar-refractivity contribution is 5.94. The number of anilines is 1. The lowest BCUT2D eigenvalue weighted by atomic mass is 10.1. The van der Waals surface area contributed by atoms with E-state index in [4.69, 9.17) is 0 Å². The molecule has 0 spiro atoms. The van der Waals surface area contributed by atoms with Crippen LogP contribution in [0.25, 0.3) is 10.9 Å². The van der Waals surface area contributed by atoms with E-state index in [1.165, 1.54) is 0 Å². The molecule has 0 unspecified atom stereocenters. The Morgan fingerprint density at radius 1 is 1.23 bits per heavy atom. The van der Waals surface area contributed by atoms with E-state index in [0.29, 0.717) is 18.7 Å². The molecular weight excluding hydrogens is 278 g/mol. The molecule has 5 nitrogen and oxygen atoms in total. The molecule has 112 valence electrons. The van der Waals surface area contributed by atoms with Crippen LogP contribution >= 0.6 is 0 Å². The van der Waals surface area contributed by atoms with Crippen molar-refractivity contribution in [2.75, 3.05) is 5.32 Å². The van der Waals surface area contributed by atoms with Gasteiger partial charge < -0.3 is 14.9 Å². The van der Waals surface area contributed by atoms with Gasteiger partial charge >= 0.3 is 0 Å². The van der Waals surface area contributed by atoms with E-state index in [-0.39, 0.29) is 11.5 Å². The number of hydrogen-bond donors (Lipinski definition) is 2. The normalized spacial score (nSPS) is 10.8. The molecule has 0 atom stereocenters. The third kappa shape index (κ3) is 3.09. The minimum absolute atomic E-state index is 0.0527. The van der Waals surface area contributed by atoms with Gasteiger partial charge in [-0.3, -0.25) is 9.59 Å². The largest absolute Gasteiger partial charge is 0.354 e. The maximum Gasteiger partial charge on any atom is 0.248 e. The predicted molar refractivity (Wildman–Crippen MR) is 87.0 cm³/mol. The highest BCUT2D eigenvalue weighted by Gasteiger charge is 2.05. The van der Waals surface area contributed by atoms with E-state index in [2.05, 4.69) is 10.3 Å². The van der Waals surface area contributed by atoms with Crippen molar-refractivity contribution in [2.24, 2.45) is 0 Å². The van der Waals surface area contributed by atoms with Gasteiger partial charge in [-0.05, 0) is 36.8 Å². The average molecular weight is 295 g/mol. The van der Waals surface area contributed by atoms with Crippen molar-refractivity contribution in [1.29, 1.82) is 0 Å². The van der Waals surface area contributed by atoms with Gasteiger partial charge in [0.05, 0.1) is 5.52 Å². The van der Waals surface area contributed by atoms with Gasteiger partial charge in [0.2, 0.25) is 11.5 Å². The first kappa shape index (κ1) is 14.1. The number of hydrogen-bond acceptors (Lipinski definition) is 2. The zero-order chi connectivity index (χ0) is 15.5. The minimum Gasteiger partial charge on any atom is -0.354 e. The van der Waals surface area contributed by atoms with Gasteiger partial charge in [-0.2, -0.15) is 0 Å². The molecule has 2 aromatic heterocycles. The summed E-state index contributed by atoms with van der Waals surface area (Å²) in [5.74, 6) is -0.0527. The van der Waals surface area contributed by atoms with Crippen molar-refractivity contribution >= 4 is 22.5 Å². The Labute approximate surface area is 127 Å². The number of aromatic nitrogens is 2. The van der Waals surface area contributed by atoms with Gasteiger partial charge in [0.15, 0.2) is 0 Å². The molecule has 1 amide bonds. The molecule has 0 radical (unpaired) electrons. The molecule has 0 aliphatic heterocycles. The second-order valence-electron chi connectivity index (χ2n) is 5.30. The molecule has 2 heterocycles. The smallest absolute Gasteiger partial charge is 0.248 e. The van der Waals surface area contributed by atoms with Crippen LogP contribution in [0.2, 0.25) is 0 Å². The summed E-state index contributed by atoms with van der Waals surface area (Å²) in [7, 11) is 0. The number of aromatic amines is 1. The second kappa shape index (κ2) is 5.89. The first-order chi connectivity index (χ1) is 10.6. The summed E-state index contributed by atoms with van der Waals surface area (Å²) >= 11 is 0. The fourth-order valence-electron chi connectivity index (χ4n) is 2.49. The Bertz CT molecular complexity index is 863. The molecule has 3 rings (SSSR count). The van der Waals surface area contributed by atoms with Crippen LogP contribution in [-0.4, -0.2) is 15.5 Å². The fraction of sp³-hybridized carbons (Fsp3) is 0.176. The summed E-state index contributed by atoms with van der Waals surface area (Å²) in [6, 6.07) is 11.0. The molecule has 5 heteroatoms. The molecule has 0 aliphatic rings. The van der Waals surface area contributed by atoms with Gasteiger partial charge in [0.25, 0.3) is 0 Å². The molecule has 1 aromatic carbocycles. The lowest BCUT2D eigenvalue weighted by Gasteiger charge is -2.08. The standard InChI is InChI=1S/C17H17N3O2/c1-12-10-17(22)19-15-11-13(4-5-14(12)15)18-16(21)6-9-20-7-2-3-8-20/h2-5,7-8,10-11H,6,9H2,1H3,(H,18,21)(H,19,22). The van der Waals surface area contributed by atoms with E-state index in [1.807, 2.05) is 48.1 Å². The highest BCUT2D eigenvalue weighted by atomic mass is 16.1. The second-order valence-corrected chi connectivity index (χ2v) is 5.30. The number of amides is 1. The van der Waals surface area contributed by atoms with E-state index in [9.17, 15) is 9.59 Å². The Morgan fingerprint density at radius 2 is 2.00 bits per heavy atom. The van der Waals surface area contributed by atoms with Crippen LogP contribution in [0.1, 0.15) is 12.0 Å². The number of carbonyl (C=O) groups is 1. The van der Waals surface area contributed by atoms with Crippen molar-refractivity contribution in [2.45, 2.75) is 19.9 Å². The summed E-state index contributed by atoms with van der Waals surface area (Å²) in [5.41, 5.74) is 2.20. The predicted octanol–water partition coefficient (Wildman–Crippen LogP) is 2.67. The molecule has 0 fully saturated rings. The molecule has 0 saturated heterocycles. The van der Waals surface area contributed by atoms with Gasteiger partial charge in [0, 0.05) is 42.5 Å². The summed E-state index contributed by atoms with van der Waals surface area (Å²) in [6.45, 7) is 2.54. The topological polar surface area (TPSA) is 66.9 Å². The van der Waals surface area contributed by atoms with Crippen LogP contribution in [0.5, 0.6) is 0 Å². The van der Waals surface area contributed by atoms with E-state index in [0.717, 1.165) is 16.5 Å². The molecule has 0 aliphatic carbocycles. The Morgan fingerprint density at radius 3 is 2.77 bits per heavy atom. The van der Waals surface area contributed by atoms with Crippen molar-refractivity contribution in [3.63, 3.8) is 0 Å². The van der Waals surface area contributed by atoms with Crippen molar-refractivity contribution in [1.82, 2.24) is 9.55 Å². The Hall–Kier alpha value is -2.82. The lowest BCUT2D eigenvalue weighted by molar-refractivity contribution is -0.116. The number of nitrogens with zero attached hydrogens (tertiary/aromatic N) is 1. The average Bonchev–Trinajstić information content (AvgIpc) is 2.98. The molecule has 3 aromatic rings. The van der Waals surface area contributed by atoms with Crippen molar-refractivity contribution in [3.05, 3.63) is 64.7 Å². The van der Waals surface area contributed by atoms with E-state index < -0.39 is 0 Å². The zero-order valence-electron chi connectivity index (χ0n) is 12.3. The quantitative estimate of drug-likeness (QED) is 0.777. The summed E-state index contributed by atoms with van der Waals surface area (Å²) in [4.78, 5) is 26.3. The number of nitrogens with one attached hydrogen (secondary N) is 2. The zero-order valence-corrected chi connectivity index (χ0v) is 12.3. The summed E-state index contributed by atoms with van der Waals surface area (Å²) in [6.07, 6.45) is 4.25. The van der Waals surface area contributed by atoms with Gasteiger partial charge in [-0.1, -0.05) is 6.07 Å². The fourth-order valence-corrected chi connectivity index (χ4v) is 2.49. The highest BCUT2D eigenvalue weighted by Crippen LogP contribution is 2.19. The van der Waals surface area contributed by atoms with Gasteiger partial charge in [0.1, 0.15) is 0 Å². The van der Waals surface area contributed by atoms with Crippen LogP contribution in [-0.2, 0) is 11.3 Å². The van der Waals surface area contributed by atoms with E-state index >= 15 is 0 Å². The number of H-pyrrole nitrogens is 1. The van der Waals surface area contributed by atoms with Crippen LogP contribution < -0.4 is 10.9 Å². The number of fused-ring (bicyclic) bond motifs is 1. The van der Waals surface area contributed by atoms with E-state index in [1.54, 1.807) is 12.1 Å². The molecule has 0 bridgehead atoms. The first-order valence-corrected chi connectivity index (χ1v) is 7.16. The lowest BCUT2D eigenvalue weighted by Crippen LogP contribution is -2.14. The summed E-state index contributed by atoms with van der Waals surface area (Å²) in [5, 5.41) is 3.84. The maximum atomic E-state index is 12.0. The van der Waals surface area contributed by atoms with Crippen LogP contribution in [0.3, 0.4) is 0 Å². The third-order valence-electron chi connectivity index (χ3n) is 3.60. The number of carbonyl (C=O) groups excluding carboxylic acids is 1. The maximum absolute atomic E-state index is 12.0.